The summed E-state index contributed by atoms with van der Waals surface area (Å²) >= 11 is 0. The van der Waals surface area contributed by atoms with Gasteiger partial charge < -0.3 is 0 Å². The predicted molar refractivity (Wildman–Crippen MR) is 76.2 cm³/mol. The zero-order chi connectivity index (χ0) is 12.8. The van der Waals surface area contributed by atoms with Crippen LogP contribution >= 0.6 is 0 Å². The second-order valence-electron chi connectivity index (χ2n) is 7.84. The number of rotatable bonds is 0. The second kappa shape index (κ2) is 4.80. The van der Waals surface area contributed by atoms with E-state index in [-0.39, 0.29) is 0 Å². The van der Waals surface area contributed by atoms with Gasteiger partial charge in [0.15, 0.2) is 0 Å². The fourth-order valence-corrected chi connectivity index (χ4v) is 6.65. The van der Waals surface area contributed by atoms with Crippen LogP contribution in [0.1, 0.15) is 64.2 Å². The van der Waals surface area contributed by atoms with Crippen LogP contribution in [0.2, 0.25) is 0 Å². The molecule has 4 aliphatic carbocycles. The van der Waals surface area contributed by atoms with E-state index in [1.807, 2.05) is 0 Å². The summed E-state index contributed by atoms with van der Waals surface area (Å²) in [7, 11) is 0. The number of fused-ring (bicyclic) bond motifs is 5. The Morgan fingerprint density at radius 3 is 2.26 bits per heavy atom. The molecule has 4 saturated carbocycles. The van der Waals surface area contributed by atoms with Crippen molar-refractivity contribution in [1.82, 2.24) is 0 Å². The van der Waals surface area contributed by atoms with Crippen LogP contribution in [-0.2, 0) is 0 Å². The Labute approximate surface area is 117 Å². The van der Waals surface area contributed by atoms with Gasteiger partial charge in [-0.15, -0.1) is 0 Å². The van der Waals surface area contributed by atoms with Gasteiger partial charge in [-0.25, -0.2) is 0 Å². The molecule has 7 atom stereocenters. The summed E-state index contributed by atoms with van der Waals surface area (Å²) < 4.78 is 0. The van der Waals surface area contributed by atoms with E-state index in [1.54, 1.807) is 0 Å². The quantitative estimate of drug-likeness (QED) is 0.612. The van der Waals surface area contributed by atoms with Crippen molar-refractivity contribution in [2.45, 2.75) is 64.2 Å². The molecule has 0 aromatic carbocycles. The van der Waals surface area contributed by atoms with Crippen LogP contribution in [0.3, 0.4) is 0 Å². The van der Waals surface area contributed by atoms with Crippen LogP contribution in [0.15, 0.2) is 0 Å². The second-order valence-corrected chi connectivity index (χ2v) is 7.84. The molecule has 0 spiro atoms. The first kappa shape index (κ1) is 12.2. The molecule has 1 nitrogen and oxygen atoms in total. The maximum absolute atomic E-state index is 9.48. The average Bonchev–Trinajstić information content (AvgIpc) is 2.90. The van der Waals surface area contributed by atoms with Crippen molar-refractivity contribution in [1.29, 1.82) is 5.26 Å². The number of hydrogen-bond donors (Lipinski definition) is 0. The molecule has 4 rings (SSSR count). The molecule has 104 valence electrons. The van der Waals surface area contributed by atoms with Crippen LogP contribution < -0.4 is 0 Å². The summed E-state index contributed by atoms with van der Waals surface area (Å²) in [6.07, 6.45) is 14.5. The molecule has 0 aromatic heterocycles. The average molecular weight is 257 g/mol. The Hall–Kier alpha value is -0.510. The van der Waals surface area contributed by atoms with Crippen LogP contribution in [-0.4, -0.2) is 0 Å². The summed E-state index contributed by atoms with van der Waals surface area (Å²) in [4.78, 5) is 0. The maximum atomic E-state index is 9.48. The lowest BCUT2D eigenvalue weighted by Gasteiger charge is -2.52. The van der Waals surface area contributed by atoms with Crippen molar-refractivity contribution in [3.05, 3.63) is 0 Å². The monoisotopic (exact) mass is 257 g/mol. The van der Waals surface area contributed by atoms with E-state index in [1.165, 1.54) is 64.2 Å². The summed E-state index contributed by atoms with van der Waals surface area (Å²) in [5.41, 5.74) is 0. The van der Waals surface area contributed by atoms with E-state index in [9.17, 15) is 5.26 Å². The SMILES string of the molecule is N#CC1CCC2CCC3C4CCCCC4CCC3C12. The summed E-state index contributed by atoms with van der Waals surface area (Å²) in [5, 5.41) is 9.48. The normalized spacial score (nSPS) is 52.7. The van der Waals surface area contributed by atoms with Gasteiger partial charge in [0, 0.05) is 5.92 Å². The van der Waals surface area contributed by atoms with Crippen molar-refractivity contribution < 1.29 is 0 Å². The van der Waals surface area contributed by atoms with E-state index in [4.69, 9.17) is 0 Å². The highest BCUT2D eigenvalue weighted by Crippen LogP contribution is 2.59. The third-order valence-electron chi connectivity index (χ3n) is 7.33. The van der Waals surface area contributed by atoms with E-state index >= 15 is 0 Å². The zero-order valence-corrected chi connectivity index (χ0v) is 12.1. The fourth-order valence-electron chi connectivity index (χ4n) is 6.65. The van der Waals surface area contributed by atoms with Gasteiger partial charge in [-0.2, -0.15) is 5.26 Å². The summed E-state index contributed by atoms with van der Waals surface area (Å²) in [5.74, 6) is 6.19. The minimum absolute atomic E-state index is 0.415. The zero-order valence-electron chi connectivity index (χ0n) is 12.1. The molecular formula is C18H27N. The predicted octanol–water partition coefficient (Wildman–Crippen LogP) is 4.78. The van der Waals surface area contributed by atoms with Crippen molar-refractivity contribution in [3.8, 4) is 6.07 Å². The van der Waals surface area contributed by atoms with E-state index < -0.39 is 0 Å². The first-order chi connectivity index (χ1) is 9.38. The molecule has 1 heteroatoms. The molecule has 0 aromatic rings. The number of nitriles is 1. The van der Waals surface area contributed by atoms with Gasteiger partial charge in [0.05, 0.1) is 6.07 Å². The molecular weight excluding hydrogens is 230 g/mol. The lowest BCUT2D eigenvalue weighted by Crippen LogP contribution is -2.44. The number of nitrogens with zero attached hydrogens (tertiary/aromatic N) is 1. The molecule has 19 heavy (non-hydrogen) atoms. The smallest absolute Gasteiger partial charge is 0.0658 e. The molecule has 0 bridgehead atoms. The Bertz CT molecular complexity index is 382. The van der Waals surface area contributed by atoms with Crippen LogP contribution in [0.4, 0.5) is 0 Å². The first-order valence-corrected chi connectivity index (χ1v) is 8.78. The summed E-state index contributed by atoms with van der Waals surface area (Å²) in [6.45, 7) is 0. The Morgan fingerprint density at radius 2 is 1.37 bits per heavy atom. The summed E-state index contributed by atoms with van der Waals surface area (Å²) in [6, 6.07) is 2.67. The third-order valence-corrected chi connectivity index (χ3v) is 7.33. The van der Waals surface area contributed by atoms with Gasteiger partial charge in [-0.3, -0.25) is 0 Å². The highest BCUT2D eigenvalue weighted by molar-refractivity contribution is 5.05. The molecule has 4 fully saturated rings. The van der Waals surface area contributed by atoms with Gasteiger partial charge >= 0.3 is 0 Å². The largest absolute Gasteiger partial charge is 0.198 e. The Kier molecular flexibility index (Phi) is 3.09. The first-order valence-electron chi connectivity index (χ1n) is 8.78. The van der Waals surface area contributed by atoms with Crippen molar-refractivity contribution >= 4 is 0 Å². The van der Waals surface area contributed by atoms with Gasteiger partial charge in [-0.1, -0.05) is 19.3 Å². The maximum Gasteiger partial charge on any atom is 0.0658 e. The Balaban J connectivity index is 1.59. The standard InChI is InChI=1S/C18H27N/c19-11-14-6-5-13-8-9-16-15-4-2-1-3-12(15)7-10-17(16)18(13)14/h12-18H,1-10H2. The molecule has 0 heterocycles. The Morgan fingerprint density at radius 1 is 0.632 bits per heavy atom. The minimum atomic E-state index is 0.415. The van der Waals surface area contributed by atoms with Gasteiger partial charge in [0.2, 0.25) is 0 Å². The lowest BCUT2D eigenvalue weighted by molar-refractivity contribution is -0.0253. The van der Waals surface area contributed by atoms with E-state index in [2.05, 4.69) is 6.07 Å². The number of hydrogen-bond acceptors (Lipinski definition) is 1. The van der Waals surface area contributed by atoms with Gasteiger partial charge in [-0.05, 0) is 80.5 Å². The lowest BCUT2D eigenvalue weighted by atomic mass is 9.53. The highest BCUT2D eigenvalue weighted by atomic mass is 14.6. The van der Waals surface area contributed by atoms with E-state index in [0.717, 1.165) is 35.5 Å². The molecule has 0 aliphatic heterocycles. The van der Waals surface area contributed by atoms with Crippen LogP contribution in [0, 0.1) is 52.8 Å². The molecule has 0 N–H and O–H groups in total. The third kappa shape index (κ3) is 1.86. The van der Waals surface area contributed by atoms with Gasteiger partial charge in [0.1, 0.15) is 0 Å². The minimum Gasteiger partial charge on any atom is -0.198 e. The molecule has 0 saturated heterocycles. The molecule has 7 unspecified atom stereocenters. The van der Waals surface area contributed by atoms with Gasteiger partial charge in [0.25, 0.3) is 0 Å². The van der Waals surface area contributed by atoms with Crippen molar-refractivity contribution in [2.75, 3.05) is 0 Å². The van der Waals surface area contributed by atoms with Crippen molar-refractivity contribution in [2.24, 2.45) is 41.4 Å². The topological polar surface area (TPSA) is 23.8 Å². The highest BCUT2D eigenvalue weighted by Gasteiger charge is 2.51. The molecule has 0 radical (unpaired) electrons. The fraction of sp³-hybridized carbons (Fsp3) is 0.944. The molecule has 4 aliphatic rings. The van der Waals surface area contributed by atoms with Crippen LogP contribution in [0.25, 0.3) is 0 Å². The van der Waals surface area contributed by atoms with Crippen molar-refractivity contribution in [3.63, 3.8) is 0 Å². The van der Waals surface area contributed by atoms with E-state index in [0.29, 0.717) is 5.92 Å². The van der Waals surface area contributed by atoms with Crippen LogP contribution in [0.5, 0.6) is 0 Å². The molecule has 0 amide bonds.